The van der Waals surface area contributed by atoms with Gasteiger partial charge in [-0.25, -0.2) is 0 Å². The molecule has 1 saturated carbocycles. The summed E-state index contributed by atoms with van der Waals surface area (Å²) in [5.41, 5.74) is 24.6. The molecule has 4 N–H and O–H groups in total. The molecule has 0 aromatic heterocycles. The van der Waals surface area contributed by atoms with Crippen LogP contribution in [0.15, 0.2) is 84.9 Å². The maximum atomic E-state index is 5.88. The number of benzene rings is 4. The van der Waals surface area contributed by atoms with Crippen molar-refractivity contribution < 1.29 is 0 Å². The second-order valence-electron chi connectivity index (χ2n) is 10.8. The number of nitrogens with two attached hydrogens (primary N) is 2. The number of anilines is 2. The molecule has 2 heteroatoms. The van der Waals surface area contributed by atoms with Crippen molar-refractivity contribution >= 4 is 11.4 Å². The number of rotatable bonds is 6. The molecule has 0 atom stereocenters. The Morgan fingerprint density at radius 3 is 1.36 bits per heavy atom. The molecule has 0 amide bonds. The Labute approximate surface area is 216 Å². The predicted molar refractivity (Wildman–Crippen MR) is 154 cm³/mol. The lowest BCUT2D eigenvalue weighted by Gasteiger charge is -2.39. The molecular formula is C34H38N2. The fourth-order valence-electron chi connectivity index (χ4n) is 5.99. The molecule has 5 rings (SSSR count). The predicted octanol–water partition coefficient (Wildman–Crippen LogP) is 7.90. The van der Waals surface area contributed by atoms with E-state index in [1.54, 1.807) is 0 Å². The van der Waals surface area contributed by atoms with Crippen LogP contribution in [0.3, 0.4) is 0 Å². The molecule has 1 aliphatic carbocycles. The normalized spacial score (nSPS) is 15.1. The maximum absolute atomic E-state index is 5.88. The Hall–Kier alpha value is -3.52. The van der Waals surface area contributed by atoms with Crippen LogP contribution in [0.2, 0.25) is 0 Å². The van der Waals surface area contributed by atoms with Gasteiger partial charge in [0, 0.05) is 16.8 Å². The van der Waals surface area contributed by atoms with E-state index in [1.807, 2.05) is 24.3 Å². The summed E-state index contributed by atoms with van der Waals surface area (Å²) in [5, 5.41) is 0. The summed E-state index contributed by atoms with van der Waals surface area (Å²) >= 11 is 0. The van der Waals surface area contributed by atoms with E-state index < -0.39 is 0 Å². The van der Waals surface area contributed by atoms with E-state index in [-0.39, 0.29) is 5.41 Å². The van der Waals surface area contributed by atoms with Gasteiger partial charge in [0.1, 0.15) is 0 Å². The van der Waals surface area contributed by atoms with E-state index >= 15 is 0 Å². The van der Waals surface area contributed by atoms with Gasteiger partial charge in [-0.2, -0.15) is 0 Å². The third-order valence-electron chi connectivity index (χ3n) is 8.25. The van der Waals surface area contributed by atoms with Crippen LogP contribution in [0, 0.1) is 13.8 Å². The quantitative estimate of drug-likeness (QED) is 0.279. The van der Waals surface area contributed by atoms with Gasteiger partial charge in [-0.15, -0.1) is 0 Å². The van der Waals surface area contributed by atoms with Crippen molar-refractivity contribution in [2.75, 3.05) is 11.5 Å². The number of hydrogen-bond acceptors (Lipinski definition) is 2. The lowest BCUT2D eigenvalue weighted by molar-refractivity contribution is 0.345. The van der Waals surface area contributed by atoms with Gasteiger partial charge < -0.3 is 11.5 Å². The molecule has 0 unspecified atom stereocenters. The first kappa shape index (κ1) is 24.2. The number of aryl methyl sites for hydroxylation is 2. The molecule has 4 aromatic rings. The first-order valence-electron chi connectivity index (χ1n) is 13.3. The van der Waals surface area contributed by atoms with Gasteiger partial charge in [-0.05, 0) is 108 Å². The van der Waals surface area contributed by atoms with E-state index in [0.29, 0.717) is 0 Å². The SMILES string of the molecule is Cc1cc(C2(c3ccc(Cc4ccc(N)cc4)c(C)c3)CCCCC2)ccc1Cc1ccc(N)cc1. The molecule has 1 aliphatic rings. The van der Waals surface area contributed by atoms with E-state index in [2.05, 4.69) is 74.5 Å². The van der Waals surface area contributed by atoms with Crippen LogP contribution >= 0.6 is 0 Å². The Morgan fingerprint density at radius 1 is 0.556 bits per heavy atom. The smallest absolute Gasteiger partial charge is 0.0314 e. The summed E-state index contributed by atoms with van der Waals surface area (Å²) < 4.78 is 0. The second kappa shape index (κ2) is 10.2. The van der Waals surface area contributed by atoms with Crippen molar-refractivity contribution in [1.82, 2.24) is 0 Å². The lowest BCUT2D eigenvalue weighted by Crippen LogP contribution is -2.30. The van der Waals surface area contributed by atoms with E-state index in [1.165, 1.54) is 76.6 Å². The Morgan fingerprint density at radius 2 is 0.972 bits per heavy atom. The standard InChI is InChI=1S/C34H38N2/c1-24-20-30(12-10-28(24)22-26-6-14-32(35)15-7-26)34(18-4-3-5-19-34)31-13-11-29(25(2)21-31)23-27-8-16-33(36)17-9-27/h6-17,20-21H,3-5,18-19,22-23,35-36H2,1-2H3. The highest BCUT2D eigenvalue weighted by Gasteiger charge is 2.36. The van der Waals surface area contributed by atoms with Gasteiger partial charge in [0.05, 0.1) is 0 Å². The van der Waals surface area contributed by atoms with Crippen LogP contribution < -0.4 is 11.5 Å². The summed E-state index contributed by atoms with van der Waals surface area (Å²) in [6.45, 7) is 4.54. The Balaban J connectivity index is 1.45. The van der Waals surface area contributed by atoms with Crippen LogP contribution in [0.1, 0.15) is 76.6 Å². The highest BCUT2D eigenvalue weighted by molar-refractivity contribution is 5.48. The van der Waals surface area contributed by atoms with Crippen LogP contribution in [-0.4, -0.2) is 0 Å². The van der Waals surface area contributed by atoms with Gasteiger partial charge in [0.2, 0.25) is 0 Å². The van der Waals surface area contributed by atoms with Crippen LogP contribution in [0.5, 0.6) is 0 Å². The van der Waals surface area contributed by atoms with Crippen molar-refractivity contribution in [3.8, 4) is 0 Å². The lowest BCUT2D eigenvalue weighted by atomic mass is 9.64. The molecule has 0 bridgehead atoms. The summed E-state index contributed by atoms with van der Waals surface area (Å²) in [6.07, 6.45) is 8.25. The van der Waals surface area contributed by atoms with E-state index in [9.17, 15) is 0 Å². The molecule has 0 heterocycles. The molecule has 36 heavy (non-hydrogen) atoms. The molecule has 2 nitrogen and oxygen atoms in total. The maximum Gasteiger partial charge on any atom is 0.0314 e. The fourth-order valence-corrected chi connectivity index (χ4v) is 5.99. The second-order valence-corrected chi connectivity index (χ2v) is 10.8. The summed E-state index contributed by atoms with van der Waals surface area (Å²) in [4.78, 5) is 0. The van der Waals surface area contributed by atoms with E-state index in [4.69, 9.17) is 11.5 Å². The van der Waals surface area contributed by atoms with Crippen molar-refractivity contribution in [2.24, 2.45) is 0 Å². The summed E-state index contributed by atoms with van der Waals surface area (Å²) in [6, 6.07) is 31.0. The fraction of sp³-hybridized carbons (Fsp3) is 0.294. The summed E-state index contributed by atoms with van der Waals surface area (Å²) in [5.74, 6) is 0. The molecule has 184 valence electrons. The van der Waals surface area contributed by atoms with Gasteiger partial charge in [-0.1, -0.05) is 79.9 Å². The zero-order valence-electron chi connectivity index (χ0n) is 21.7. The van der Waals surface area contributed by atoms with Crippen LogP contribution in [0.4, 0.5) is 11.4 Å². The topological polar surface area (TPSA) is 52.0 Å². The first-order chi connectivity index (χ1) is 17.4. The minimum atomic E-state index is 0.104. The molecule has 0 spiro atoms. The number of nitrogen functional groups attached to an aromatic ring is 2. The minimum Gasteiger partial charge on any atom is -0.399 e. The third kappa shape index (κ3) is 5.04. The van der Waals surface area contributed by atoms with Crippen molar-refractivity contribution in [3.05, 3.63) is 129 Å². The minimum absolute atomic E-state index is 0.104. The summed E-state index contributed by atoms with van der Waals surface area (Å²) in [7, 11) is 0. The monoisotopic (exact) mass is 474 g/mol. The van der Waals surface area contributed by atoms with E-state index in [0.717, 1.165) is 24.2 Å². The molecule has 1 fully saturated rings. The largest absolute Gasteiger partial charge is 0.399 e. The van der Waals surface area contributed by atoms with Crippen molar-refractivity contribution in [1.29, 1.82) is 0 Å². The van der Waals surface area contributed by atoms with Crippen molar-refractivity contribution in [3.63, 3.8) is 0 Å². The van der Waals surface area contributed by atoms with Gasteiger partial charge in [0.25, 0.3) is 0 Å². The molecule has 4 aromatic carbocycles. The van der Waals surface area contributed by atoms with Crippen LogP contribution in [-0.2, 0) is 18.3 Å². The molecule has 0 saturated heterocycles. The van der Waals surface area contributed by atoms with Crippen LogP contribution in [0.25, 0.3) is 0 Å². The van der Waals surface area contributed by atoms with Gasteiger partial charge in [-0.3, -0.25) is 0 Å². The molecule has 0 radical (unpaired) electrons. The number of hydrogen-bond donors (Lipinski definition) is 2. The average molecular weight is 475 g/mol. The molecule has 0 aliphatic heterocycles. The van der Waals surface area contributed by atoms with Gasteiger partial charge in [0.15, 0.2) is 0 Å². The average Bonchev–Trinajstić information content (AvgIpc) is 2.89. The highest BCUT2D eigenvalue weighted by Crippen LogP contribution is 2.46. The Kier molecular flexibility index (Phi) is 6.87. The first-order valence-corrected chi connectivity index (χ1v) is 13.3. The van der Waals surface area contributed by atoms with Gasteiger partial charge >= 0.3 is 0 Å². The zero-order valence-corrected chi connectivity index (χ0v) is 21.7. The molecular weight excluding hydrogens is 436 g/mol. The van der Waals surface area contributed by atoms with Crippen molar-refractivity contribution in [2.45, 2.75) is 64.2 Å². The zero-order chi connectivity index (χ0) is 25.1. The highest BCUT2D eigenvalue weighted by atomic mass is 14.5. The Bertz CT molecular complexity index is 1230. The third-order valence-corrected chi connectivity index (χ3v) is 8.25.